The molecule has 0 aromatic carbocycles. The summed E-state index contributed by atoms with van der Waals surface area (Å²) in [6.45, 7) is 2.58. The van der Waals surface area contributed by atoms with Gasteiger partial charge in [-0.3, -0.25) is 4.79 Å². The summed E-state index contributed by atoms with van der Waals surface area (Å²) in [5, 5.41) is 0. The standard InChI is InChI=1S/C12H17ClN2O2/c1-9-11(17-8-14-9)12(16)15-7-3-2-4-10(15)5-6-13/h8,10H,2-7H2,1H3. The smallest absolute Gasteiger partial charge is 0.291 e. The number of hydrogen-bond acceptors (Lipinski definition) is 3. The van der Waals surface area contributed by atoms with Crippen LogP contribution in [0.4, 0.5) is 0 Å². The normalized spacial score (nSPS) is 20.6. The summed E-state index contributed by atoms with van der Waals surface area (Å²) >= 11 is 5.79. The third-order valence-electron chi connectivity index (χ3n) is 3.27. The van der Waals surface area contributed by atoms with Crippen LogP contribution in [0.2, 0.25) is 0 Å². The van der Waals surface area contributed by atoms with E-state index in [9.17, 15) is 4.79 Å². The second-order valence-corrected chi connectivity index (χ2v) is 4.77. The molecule has 1 unspecified atom stereocenters. The molecule has 2 rings (SSSR count). The first-order valence-electron chi connectivity index (χ1n) is 6.01. The van der Waals surface area contributed by atoms with Crippen LogP contribution < -0.4 is 0 Å². The molecule has 4 nitrogen and oxygen atoms in total. The molecule has 1 aliphatic rings. The number of piperidine rings is 1. The van der Waals surface area contributed by atoms with Crippen molar-refractivity contribution < 1.29 is 9.21 Å². The van der Waals surface area contributed by atoms with E-state index in [1.165, 1.54) is 12.8 Å². The number of aromatic nitrogens is 1. The van der Waals surface area contributed by atoms with Crippen LogP contribution in [-0.2, 0) is 0 Å². The van der Waals surface area contributed by atoms with Crippen LogP contribution in [0.1, 0.15) is 41.9 Å². The highest BCUT2D eigenvalue weighted by Gasteiger charge is 2.29. The summed E-state index contributed by atoms with van der Waals surface area (Å²) in [7, 11) is 0. The maximum Gasteiger partial charge on any atom is 0.291 e. The third-order valence-corrected chi connectivity index (χ3v) is 3.49. The first-order chi connectivity index (χ1) is 8.24. The lowest BCUT2D eigenvalue weighted by Gasteiger charge is -2.35. The number of oxazole rings is 1. The largest absolute Gasteiger partial charge is 0.438 e. The molecule has 5 heteroatoms. The quantitative estimate of drug-likeness (QED) is 0.781. The van der Waals surface area contributed by atoms with Gasteiger partial charge in [-0.2, -0.15) is 0 Å². The summed E-state index contributed by atoms with van der Waals surface area (Å²) in [5.41, 5.74) is 0.658. The van der Waals surface area contributed by atoms with Crippen molar-refractivity contribution >= 4 is 17.5 Å². The highest BCUT2D eigenvalue weighted by molar-refractivity contribution is 6.17. The zero-order valence-corrected chi connectivity index (χ0v) is 10.7. The summed E-state index contributed by atoms with van der Waals surface area (Å²) in [4.78, 5) is 18.2. The van der Waals surface area contributed by atoms with Crippen molar-refractivity contribution in [3.05, 3.63) is 17.8 Å². The molecule has 0 aliphatic carbocycles. The van der Waals surface area contributed by atoms with E-state index in [2.05, 4.69) is 4.98 Å². The van der Waals surface area contributed by atoms with E-state index >= 15 is 0 Å². The molecule has 17 heavy (non-hydrogen) atoms. The van der Waals surface area contributed by atoms with Crippen LogP contribution >= 0.6 is 11.6 Å². The minimum absolute atomic E-state index is 0.0465. The molecule has 0 spiro atoms. The van der Waals surface area contributed by atoms with Gasteiger partial charge in [0.1, 0.15) is 0 Å². The second-order valence-electron chi connectivity index (χ2n) is 4.39. The maximum absolute atomic E-state index is 12.3. The van der Waals surface area contributed by atoms with Gasteiger partial charge in [0.15, 0.2) is 6.39 Å². The molecule has 1 amide bonds. The van der Waals surface area contributed by atoms with Gasteiger partial charge in [-0.25, -0.2) is 4.98 Å². The van der Waals surface area contributed by atoms with Crippen molar-refractivity contribution in [2.24, 2.45) is 0 Å². The van der Waals surface area contributed by atoms with Gasteiger partial charge in [-0.05, 0) is 32.6 Å². The Morgan fingerprint density at radius 1 is 1.65 bits per heavy atom. The fraction of sp³-hybridized carbons (Fsp3) is 0.667. The van der Waals surface area contributed by atoms with Crippen LogP contribution in [0.25, 0.3) is 0 Å². The fourth-order valence-electron chi connectivity index (χ4n) is 2.33. The number of halogens is 1. The molecule has 1 aliphatic heterocycles. The van der Waals surface area contributed by atoms with Gasteiger partial charge in [0, 0.05) is 18.5 Å². The predicted molar refractivity (Wildman–Crippen MR) is 65.3 cm³/mol. The molecule has 0 saturated carbocycles. The van der Waals surface area contributed by atoms with E-state index in [1.807, 2.05) is 4.90 Å². The van der Waals surface area contributed by atoms with E-state index < -0.39 is 0 Å². The van der Waals surface area contributed by atoms with Crippen LogP contribution in [0.5, 0.6) is 0 Å². The molecular formula is C12H17ClN2O2. The van der Waals surface area contributed by atoms with E-state index in [1.54, 1.807) is 6.92 Å². The maximum atomic E-state index is 12.3. The summed E-state index contributed by atoms with van der Waals surface area (Å²) < 4.78 is 5.17. The molecule has 1 atom stereocenters. The number of carbonyl (C=O) groups is 1. The monoisotopic (exact) mass is 256 g/mol. The lowest BCUT2D eigenvalue weighted by Crippen LogP contribution is -2.44. The third kappa shape index (κ3) is 2.63. The molecule has 94 valence electrons. The Bertz CT molecular complexity index is 390. The van der Waals surface area contributed by atoms with Gasteiger partial charge in [-0.15, -0.1) is 11.6 Å². The first-order valence-corrected chi connectivity index (χ1v) is 6.54. The zero-order chi connectivity index (χ0) is 12.3. The number of rotatable bonds is 3. The molecular weight excluding hydrogens is 240 g/mol. The first kappa shape index (κ1) is 12.4. The second kappa shape index (κ2) is 5.54. The topological polar surface area (TPSA) is 46.3 Å². The number of alkyl halides is 1. The SMILES string of the molecule is Cc1ncoc1C(=O)N1CCCCC1CCCl. The van der Waals surface area contributed by atoms with Crippen molar-refractivity contribution in [2.45, 2.75) is 38.6 Å². The summed E-state index contributed by atoms with van der Waals surface area (Å²) in [5.74, 6) is 0.908. The number of amides is 1. The van der Waals surface area contributed by atoms with Crippen LogP contribution in [-0.4, -0.2) is 34.3 Å². The number of hydrogen-bond donors (Lipinski definition) is 0. The molecule has 1 saturated heterocycles. The molecule has 2 heterocycles. The molecule has 1 fully saturated rings. The molecule has 0 bridgehead atoms. The van der Waals surface area contributed by atoms with Crippen LogP contribution in [0.3, 0.4) is 0 Å². The number of likely N-dealkylation sites (tertiary alicyclic amines) is 1. The average Bonchev–Trinajstić information content (AvgIpc) is 2.76. The van der Waals surface area contributed by atoms with E-state index in [0.29, 0.717) is 17.3 Å². The lowest BCUT2D eigenvalue weighted by atomic mass is 9.99. The molecule has 1 aromatic heterocycles. The van der Waals surface area contributed by atoms with Crippen LogP contribution in [0.15, 0.2) is 10.8 Å². The molecule has 0 N–H and O–H groups in total. The van der Waals surface area contributed by atoms with Crippen molar-refractivity contribution in [3.63, 3.8) is 0 Å². The Morgan fingerprint density at radius 3 is 3.12 bits per heavy atom. The van der Waals surface area contributed by atoms with Gasteiger partial charge >= 0.3 is 0 Å². The van der Waals surface area contributed by atoms with Gasteiger partial charge in [0.25, 0.3) is 5.91 Å². The fourth-order valence-corrected chi connectivity index (χ4v) is 2.58. The number of aryl methyl sites for hydroxylation is 1. The van der Waals surface area contributed by atoms with Gasteiger partial charge < -0.3 is 9.32 Å². The van der Waals surface area contributed by atoms with Crippen molar-refractivity contribution in [2.75, 3.05) is 12.4 Å². The Labute approximate surface area is 106 Å². The van der Waals surface area contributed by atoms with Crippen molar-refractivity contribution in [1.82, 2.24) is 9.88 Å². The highest BCUT2D eigenvalue weighted by atomic mass is 35.5. The Morgan fingerprint density at radius 2 is 2.47 bits per heavy atom. The van der Waals surface area contributed by atoms with Gasteiger partial charge in [0.2, 0.25) is 5.76 Å². The Kier molecular flexibility index (Phi) is 4.05. The van der Waals surface area contributed by atoms with Gasteiger partial charge in [-0.1, -0.05) is 0 Å². The number of carbonyl (C=O) groups excluding carboxylic acids is 1. The van der Waals surface area contributed by atoms with E-state index in [-0.39, 0.29) is 11.9 Å². The minimum Gasteiger partial charge on any atom is -0.438 e. The zero-order valence-electron chi connectivity index (χ0n) is 9.99. The average molecular weight is 257 g/mol. The number of nitrogens with zero attached hydrogens (tertiary/aromatic N) is 2. The van der Waals surface area contributed by atoms with Crippen molar-refractivity contribution in [3.8, 4) is 0 Å². The summed E-state index contributed by atoms with van der Waals surface area (Å²) in [6.07, 6.45) is 5.42. The molecule has 0 radical (unpaired) electrons. The van der Waals surface area contributed by atoms with E-state index in [0.717, 1.165) is 25.8 Å². The highest BCUT2D eigenvalue weighted by Crippen LogP contribution is 2.23. The Balaban J connectivity index is 2.14. The Hall–Kier alpha value is -1.03. The van der Waals surface area contributed by atoms with Gasteiger partial charge in [0.05, 0.1) is 5.69 Å². The van der Waals surface area contributed by atoms with E-state index in [4.69, 9.17) is 16.0 Å². The predicted octanol–water partition coefficient (Wildman–Crippen LogP) is 2.61. The van der Waals surface area contributed by atoms with Crippen LogP contribution in [0, 0.1) is 6.92 Å². The van der Waals surface area contributed by atoms with Crippen molar-refractivity contribution in [1.29, 1.82) is 0 Å². The summed E-state index contributed by atoms with van der Waals surface area (Å²) in [6, 6.07) is 0.248. The molecule has 1 aromatic rings. The lowest BCUT2D eigenvalue weighted by molar-refractivity contribution is 0.0575. The minimum atomic E-state index is -0.0465.